The summed E-state index contributed by atoms with van der Waals surface area (Å²) in [5, 5.41) is -0.274. The summed E-state index contributed by atoms with van der Waals surface area (Å²) in [4.78, 5) is 0. The van der Waals surface area contributed by atoms with Crippen molar-refractivity contribution in [1.29, 1.82) is 0 Å². The predicted octanol–water partition coefficient (Wildman–Crippen LogP) is 1.74. The van der Waals surface area contributed by atoms with Gasteiger partial charge in [-0.1, -0.05) is 6.92 Å². The second-order valence-corrected chi connectivity index (χ2v) is 5.92. The Balaban J connectivity index is 2.62. The van der Waals surface area contributed by atoms with Crippen LogP contribution in [0.2, 0.25) is 0 Å². The fourth-order valence-electron chi connectivity index (χ4n) is 1.41. The molecule has 4 heteroatoms. The lowest BCUT2D eigenvalue weighted by Crippen LogP contribution is -2.11. The van der Waals surface area contributed by atoms with Crippen LogP contribution in [0.4, 0.5) is 0 Å². The van der Waals surface area contributed by atoms with E-state index in [0.717, 1.165) is 19.3 Å². The standard InChI is InChI=1S/C6H11ClO2S/c1-5-2-3-6(4-5)10(7,8)9/h5-6H,2-4H2,1H3/t5-,6-/m0/s1. The van der Waals surface area contributed by atoms with E-state index in [4.69, 9.17) is 10.7 Å². The van der Waals surface area contributed by atoms with Gasteiger partial charge in [0.1, 0.15) is 0 Å². The van der Waals surface area contributed by atoms with E-state index in [9.17, 15) is 8.42 Å². The maximum Gasteiger partial charge on any atom is 0.235 e. The molecule has 10 heavy (non-hydrogen) atoms. The highest BCUT2D eigenvalue weighted by Gasteiger charge is 2.30. The Morgan fingerprint density at radius 1 is 1.40 bits per heavy atom. The first-order valence-electron chi connectivity index (χ1n) is 3.43. The lowest BCUT2D eigenvalue weighted by Gasteiger charge is -2.02. The first kappa shape index (κ1) is 8.34. The van der Waals surface area contributed by atoms with E-state index in [-0.39, 0.29) is 5.25 Å². The maximum atomic E-state index is 10.7. The van der Waals surface area contributed by atoms with E-state index in [1.807, 2.05) is 0 Å². The predicted molar refractivity (Wildman–Crippen MR) is 41.6 cm³/mol. The molecule has 0 aliphatic heterocycles. The molecule has 1 aliphatic rings. The highest BCUT2D eigenvalue weighted by molar-refractivity contribution is 8.14. The van der Waals surface area contributed by atoms with Gasteiger partial charge in [-0.3, -0.25) is 0 Å². The molecular formula is C6H11ClO2S. The van der Waals surface area contributed by atoms with Crippen LogP contribution in [0.25, 0.3) is 0 Å². The van der Waals surface area contributed by atoms with Crippen LogP contribution < -0.4 is 0 Å². The van der Waals surface area contributed by atoms with Crippen LogP contribution >= 0.6 is 10.7 Å². The van der Waals surface area contributed by atoms with Crippen molar-refractivity contribution in [3.8, 4) is 0 Å². The van der Waals surface area contributed by atoms with Crippen molar-refractivity contribution in [3.63, 3.8) is 0 Å². The summed E-state index contributed by atoms with van der Waals surface area (Å²) < 4.78 is 21.5. The van der Waals surface area contributed by atoms with Gasteiger partial charge in [-0.15, -0.1) is 0 Å². The van der Waals surface area contributed by atoms with Crippen molar-refractivity contribution >= 4 is 19.7 Å². The highest BCUT2D eigenvalue weighted by atomic mass is 35.7. The molecule has 0 unspecified atom stereocenters. The van der Waals surface area contributed by atoms with Crippen LogP contribution in [0, 0.1) is 5.92 Å². The van der Waals surface area contributed by atoms with Gasteiger partial charge in [0.15, 0.2) is 0 Å². The lowest BCUT2D eigenvalue weighted by molar-refractivity contribution is 0.583. The van der Waals surface area contributed by atoms with Crippen molar-refractivity contribution in [2.75, 3.05) is 0 Å². The van der Waals surface area contributed by atoms with Gasteiger partial charge in [-0.05, 0) is 25.2 Å². The zero-order chi connectivity index (χ0) is 7.78. The minimum absolute atomic E-state index is 0.274. The molecule has 1 saturated carbocycles. The van der Waals surface area contributed by atoms with Gasteiger partial charge in [0.05, 0.1) is 5.25 Å². The second kappa shape index (κ2) is 2.70. The molecule has 0 aromatic carbocycles. The van der Waals surface area contributed by atoms with E-state index in [2.05, 4.69) is 6.92 Å². The summed E-state index contributed by atoms with van der Waals surface area (Å²) in [5.74, 6) is 0.526. The molecule has 0 N–H and O–H groups in total. The van der Waals surface area contributed by atoms with Gasteiger partial charge in [-0.2, -0.15) is 0 Å². The largest absolute Gasteiger partial charge is 0.235 e. The number of hydrogen-bond acceptors (Lipinski definition) is 2. The number of hydrogen-bond donors (Lipinski definition) is 0. The van der Waals surface area contributed by atoms with Crippen molar-refractivity contribution in [2.45, 2.75) is 31.4 Å². The molecule has 0 heterocycles. The topological polar surface area (TPSA) is 34.1 Å². The fraction of sp³-hybridized carbons (Fsp3) is 1.00. The van der Waals surface area contributed by atoms with Crippen LogP contribution in [-0.2, 0) is 9.05 Å². The Morgan fingerprint density at radius 3 is 2.20 bits per heavy atom. The minimum Gasteiger partial charge on any atom is -0.212 e. The molecule has 1 rings (SSSR count). The molecular weight excluding hydrogens is 172 g/mol. The van der Waals surface area contributed by atoms with Crippen LogP contribution in [0.3, 0.4) is 0 Å². The van der Waals surface area contributed by atoms with E-state index in [1.165, 1.54) is 0 Å². The van der Waals surface area contributed by atoms with Crippen LogP contribution in [0.5, 0.6) is 0 Å². The Labute approximate surface area is 66.0 Å². The maximum absolute atomic E-state index is 10.7. The molecule has 1 aliphatic carbocycles. The van der Waals surface area contributed by atoms with Crippen molar-refractivity contribution < 1.29 is 8.42 Å². The highest BCUT2D eigenvalue weighted by Crippen LogP contribution is 2.31. The van der Waals surface area contributed by atoms with Gasteiger partial charge in [-0.25, -0.2) is 8.42 Å². The van der Waals surface area contributed by atoms with Gasteiger partial charge in [0.2, 0.25) is 9.05 Å². The summed E-state index contributed by atoms with van der Waals surface area (Å²) in [7, 11) is 1.91. The van der Waals surface area contributed by atoms with Crippen molar-refractivity contribution in [3.05, 3.63) is 0 Å². The summed E-state index contributed by atoms with van der Waals surface area (Å²) in [6, 6.07) is 0. The van der Waals surface area contributed by atoms with Crippen molar-refractivity contribution in [1.82, 2.24) is 0 Å². The third kappa shape index (κ3) is 1.86. The van der Waals surface area contributed by atoms with Gasteiger partial charge >= 0.3 is 0 Å². The summed E-state index contributed by atoms with van der Waals surface area (Å²) in [6.45, 7) is 2.06. The molecule has 0 spiro atoms. The molecule has 1 fully saturated rings. The Morgan fingerprint density at radius 2 is 2.00 bits per heavy atom. The second-order valence-electron chi connectivity index (χ2n) is 3.02. The van der Waals surface area contributed by atoms with Crippen LogP contribution in [0.15, 0.2) is 0 Å². The van der Waals surface area contributed by atoms with Gasteiger partial charge < -0.3 is 0 Å². The lowest BCUT2D eigenvalue weighted by atomic mass is 10.1. The monoisotopic (exact) mass is 182 g/mol. The van der Waals surface area contributed by atoms with E-state index < -0.39 is 9.05 Å². The Hall–Kier alpha value is 0.240. The minimum atomic E-state index is -3.26. The third-order valence-electron chi connectivity index (χ3n) is 2.04. The first-order valence-corrected chi connectivity index (χ1v) is 5.81. The molecule has 60 valence electrons. The van der Waals surface area contributed by atoms with Crippen LogP contribution in [-0.4, -0.2) is 13.7 Å². The summed E-state index contributed by atoms with van der Waals surface area (Å²) in [5.41, 5.74) is 0. The molecule has 0 amide bonds. The molecule has 0 aromatic rings. The number of halogens is 1. The van der Waals surface area contributed by atoms with E-state index >= 15 is 0 Å². The first-order chi connectivity index (χ1) is 4.50. The molecule has 0 saturated heterocycles. The smallest absolute Gasteiger partial charge is 0.212 e. The van der Waals surface area contributed by atoms with Crippen molar-refractivity contribution in [2.24, 2.45) is 5.92 Å². The van der Waals surface area contributed by atoms with Gasteiger partial charge in [0, 0.05) is 10.7 Å². The molecule has 2 atom stereocenters. The molecule has 0 aromatic heterocycles. The summed E-state index contributed by atoms with van der Waals surface area (Å²) in [6.07, 6.45) is 2.48. The molecule has 0 radical (unpaired) electrons. The van der Waals surface area contributed by atoms with E-state index in [0.29, 0.717) is 5.92 Å². The quantitative estimate of drug-likeness (QED) is 0.579. The Bertz CT molecular complexity index is 210. The SMILES string of the molecule is C[C@H]1CC[C@H](S(=O)(=O)Cl)C1. The third-order valence-corrected chi connectivity index (χ3v) is 4.03. The average Bonchev–Trinajstić information content (AvgIpc) is 2.11. The number of rotatable bonds is 1. The Kier molecular flexibility index (Phi) is 2.25. The fourth-order valence-corrected chi connectivity index (χ4v) is 2.87. The normalized spacial score (nSPS) is 34.6. The summed E-state index contributed by atoms with van der Waals surface area (Å²) >= 11 is 0. The van der Waals surface area contributed by atoms with Gasteiger partial charge in [0.25, 0.3) is 0 Å². The zero-order valence-corrected chi connectivity index (χ0v) is 7.45. The van der Waals surface area contributed by atoms with E-state index in [1.54, 1.807) is 0 Å². The molecule has 0 bridgehead atoms. The molecule has 2 nitrogen and oxygen atoms in total. The van der Waals surface area contributed by atoms with Crippen LogP contribution in [0.1, 0.15) is 26.2 Å². The average molecular weight is 183 g/mol. The zero-order valence-electron chi connectivity index (χ0n) is 5.88.